The van der Waals surface area contributed by atoms with Crippen molar-refractivity contribution in [2.24, 2.45) is 0 Å². The largest absolute Gasteiger partial charge is 0.336 e. The van der Waals surface area contributed by atoms with Crippen molar-refractivity contribution in [2.45, 2.75) is 19.4 Å². The molecule has 1 aromatic rings. The maximum atomic E-state index is 12.5. The predicted molar refractivity (Wildman–Crippen MR) is 86.8 cm³/mol. The Hall–Kier alpha value is -0.330. The summed E-state index contributed by atoms with van der Waals surface area (Å²) in [4.78, 5) is 16.7. The molecule has 1 saturated heterocycles. The number of rotatable bonds is 1. The topological polar surface area (TPSA) is 23.6 Å². The van der Waals surface area contributed by atoms with E-state index in [0.717, 1.165) is 23.2 Å². The number of piperazine rings is 1. The first kappa shape index (κ1) is 15.1. The lowest BCUT2D eigenvalue weighted by Gasteiger charge is -2.45. The van der Waals surface area contributed by atoms with Crippen LogP contribution in [0.4, 0.5) is 0 Å². The number of halogens is 2. The van der Waals surface area contributed by atoms with Gasteiger partial charge < -0.3 is 4.90 Å². The van der Waals surface area contributed by atoms with Gasteiger partial charge in [-0.2, -0.15) is 0 Å². The number of hydrogen-bond donors (Lipinski definition) is 0. The Kier molecular flexibility index (Phi) is 4.42. The van der Waals surface area contributed by atoms with Crippen molar-refractivity contribution in [3.63, 3.8) is 0 Å². The lowest BCUT2D eigenvalue weighted by Crippen LogP contribution is -2.58. The van der Waals surface area contributed by atoms with Crippen molar-refractivity contribution in [3.05, 3.63) is 32.4 Å². The van der Waals surface area contributed by atoms with E-state index >= 15 is 0 Å². The van der Waals surface area contributed by atoms with Gasteiger partial charge in [0.25, 0.3) is 5.91 Å². The molecule has 0 N–H and O–H groups in total. The fourth-order valence-corrected chi connectivity index (χ4v) is 2.74. The highest BCUT2D eigenvalue weighted by Crippen LogP contribution is 2.23. The monoisotopic (exact) mass is 392 g/mol. The Bertz CT molecular complexity index is 504. The summed E-state index contributed by atoms with van der Waals surface area (Å²) < 4.78 is 0.967. The van der Waals surface area contributed by atoms with Gasteiger partial charge in [0.15, 0.2) is 0 Å². The molecule has 1 amide bonds. The van der Waals surface area contributed by atoms with Crippen LogP contribution in [0.2, 0.25) is 5.02 Å². The molecular weight excluding hydrogens is 375 g/mol. The van der Waals surface area contributed by atoms with Crippen LogP contribution in [-0.4, -0.2) is 47.9 Å². The van der Waals surface area contributed by atoms with Gasteiger partial charge in [0.05, 0.1) is 5.02 Å². The zero-order chi connectivity index (χ0) is 14.2. The minimum absolute atomic E-state index is 0.0148. The third kappa shape index (κ3) is 3.23. The molecule has 1 aromatic carbocycles. The summed E-state index contributed by atoms with van der Waals surface area (Å²) in [6, 6.07) is 5.50. The second-order valence-corrected chi connectivity index (χ2v) is 7.16. The van der Waals surface area contributed by atoms with Crippen LogP contribution < -0.4 is 0 Å². The zero-order valence-electron chi connectivity index (χ0n) is 11.4. The highest BCUT2D eigenvalue weighted by atomic mass is 127. The van der Waals surface area contributed by atoms with Gasteiger partial charge in [0, 0.05) is 34.3 Å². The van der Waals surface area contributed by atoms with Crippen LogP contribution in [-0.2, 0) is 0 Å². The smallest absolute Gasteiger partial charge is 0.254 e. The van der Waals surface area contributed by atoms with E-state index in [4.69, 9.17) is 11.6 Å². The van der Waals surface area contributed by atoms with Crippen LogP contribution in [0.3, 0.4) is 0 Å². The molecule has 104 valence electrons. The Balaban J connectivity index is 2.18. The van der Waals surface area contributed by atoms with Gasteiger partial charge in [-0.05, 0) is 61.7 Å². The Morgan fingerprint density at radius 2 is 2.05 bits per heavy atom. The van der Waals surface area contributed by atoms with E-state index in [9.17, 15) is 4.79 Å². The molecule has 5 heteroatoms. The van der Waals surface area contributed by atoms with Crippen LogP contribution in [0.15, 0.2) is 18.2 Å². The molecule has 0 unspecified atom stereocenters. The molecule has 0 bridgehead atoms. The van der Waals surface area contributed by atoms with Gasteiger partial charge in [-0.3, -0.25) is 9.69 Å². The standard InChI is InChI=1S/C14H18ClIN2O/c1-14(2)9-18(7-6-17(14)3)13(19)10-4-5-12(16)11(15)8-10/h4-5,8H,6-7,9H2,1-3H3. The number of carbonyl (C=O) groups is 1. The molecule has 0 atom stereocenters. The van der Waals surface area contributed by atoms with Crippen LogP contribution in [0.5, 0.6) is 0 Å². The molecule has 0 saturated carbocycles. The third-order valence-electron chi connectivity index (χ3n) is 3.77. The first-order valence-corrected chi connectivity index (χ1v) is 7.72. The van der Waals surface area contributed by atoms with Gasteiger partial charge in [-0.1, -0.05) is 11.6 Å². The number of likely N-dealkylation sites (N-methyl/N-ethyl adjacent to an activating group) is 1. The highest BCUT2D eigenvalue weighted by Gasteiger charge is 2.33. The van der Waals surface area contributed by atoms with E-state index in [0.29, 0.717) is 10.6 Å². The van der Waals surface area contributed by atoms with Gasteiger partial charge in [-0.15, -0.1) is 0 Å². The molecule has 0 spiro atoms. The third-order valence-corrected chi connectivity index (χ3v) is 5.34. The van der Waals surface area contributed by atoms with Crippen molar-refractivity contribution in [1.29, 1.82) is 0 Å². The maximum absolute atomic E-state index is 12.5. The number of amides is 1. The summed E-state index contributed by atoms with van der Waals surface area (Å²) >= 11 is 8.25. The van der Waals surface area contributed by atoms with E-state index in [-0.39, 0.29) is 11.4 Å². The Labute approximate surface area is 133 Å². The average molecular weight is 393 g/mol. The highest BCUT2D eigenvalue weighted by molar-refractivity contribution is 14.1. The van der Waals surface area contributed by atoms with Crippen LogP contribution >= 0.6 is 34.2 Å². The SMILES string of the molecule is CN1CCN(C(=O)c2ccc(I)c(Cl)c2)CC1(C)C. The first-order chi connectivity index (χ1) is 8.81. The van der Waals surface area contributed by atoms with E-state index in [1.165, 1.54) is 0 Å². The minimum Gasteiger partial charge on any atom is -0.336 e. The minimum atomic E-state index is 0.0148. The van der Waals surface area contributed by atoms with Crippen molar-refractivity contribution in [3.8, 4) is 0 Å². The first-order valence-electron chi connectivity index (χ1n) is 6.27. The maximum Gasteiger partial charge on any atom is 0.254 e. The lowest BCUT2D eigenvalue weighted by atomic mass is 9.99. The van der Waals surface area contributed by atoms with Gasteiger partial charge in [0.1, 0.15) is 0 Å². The summed E-state index contributed by atoms with van der Waals surface area (Å²) in [6.07, 6.45) is 0. The summed E-state index contributed by atoms with van der Waals surface area (Å²) in [5, 5.41) is 0.639. The fraction of sp³-hybridized carbons (Fsp3) is 0.500. The van der Waals surface area contributed by atoms with E-state index < -0.39 is 0 Å². The van der Waals surface area contributed by atoms with E-state index in [1.807, 2.05) is 17.0 Å². The molecule has 1 aliphatic rings. The molecular formula is C14H18ClIN2O. The molecule has 3 nitrogen and oxygen atoms in total. The van der Waals surface area contributed by atoms with Gasteiger partial charge in [-0.25, -0.2) is 0 Å². The summed E-state index contributed by atoms with van der Waals surface area (Å²) in [5.41, 5.74) is 0.687. The molecule has 0 radical (unpaired) electrons. The molecule has 1 fully saturated rings. The Morgan fingerprint density at radius 3 is 2.63 bits per heavy atom. The van der Waals surface area contributed by atoms with Gasteiger partial charge >= 0.3 is 0 Å². The molecule has 0 aromatic heterocycles. The van der Waals surface area contributed by atoms with Crippen molar-refractivity contribution < 1.29 is 4.79 Å². The van der Waals surface area contributed by atoms with Crippen LogP contribution in [0, 0.1) is 3.57 Å². The summed E-state index contributed by atoms with van der Waals surface area (Å²) in [7, 11) is 2.10. The Morgan fingerprint density at radius 1 is 1.37 bits per heavy atom. The second kappa shape index (κ2) is 5.58. The molecule has 19 heavy (non-hydrogen) atoms. The quantitative estimate of drug-likeness (QED) is 0.686. The summed E-state index contributed by atoms with van der Waals surface area (Å²) in [6.45, 7) is 6.73. The molecule has 2 rings (SSSR count). The zero-order valence-corrected chi connectivity index (χ0v) is 14.3. The number of nitrogens with zero attached hydrogens (tertiary/aromatic N) is 2. The number of hydrogen-bond acceptors (Lipinski definition) is 2. The fourth-order valence-electron chi connectivity index (χ4n) is 2.23. The molecule has 1 heterocycles. The lowest BCUT2D eigenvalue weighted by molar-refractivity contribution is 0.0311. The van der Waals surface area contributed by atoms with Crippen molar-refractivity contribution >= 4 is 40.1 Å². The van der Waals surface area contributed by atoms with E-state index in [2.05, 4.69) is 48.4 Å². The molecule has 0 aliphatic carbocycles. The van der Waals surface area contributed by atoms with Crippen molar-refractivity contribution in [1.82, 2.24) is 9.80 Å². The van der Waals surface area contributed by atoms with E-state index in [1.54, 1.807) is 6.07 Å². The number of carbonyl (C=O) groups excluding carboxylic acids is 1. The number of benzene rings is 1. The molecule has 1 aliphatic heterocycles. The summed E-state index contributed by atoms with van der Waals surface area (Å²) in [5.74, 6) is 0.0690. The van der Waals surface area contributed by atoms with Crippen LogP contribution in [0.1, 0.15) is 24.2 Å². The van der Waals surface area contributed by atoms with Crippen LogP contribution in [0.25, 0.3) is 0 Å². The second-order valence-electron chi connectivity index (χ2n) is 5.59. The van der Waals surface area contributed by atoms with Crippen molar-refractivity contribution in [2.75, 3.05) is 26.7 Å². The normalized spacial score (nSPS) is 19.5. The van der Waals surface area contributed by atoms with Gasteiger partial charge in [0.2, 0.25) is 0 Å². The predicted octanol–water partition coefficient (Wildman–Crippen LogP) is 3.11. The average Bonchev–Trinajstić information content (AvgIpc) is 2.35.